The fourth-order valence-corrected chi connectivity index (χ4v) is 4.70. The second-order valence-corrected chi connectivity index (χ2v) is 6.82. The summed E-state index contributed by atoms with van der Waals surface area (Å²) >= 11 is 0. The molecule has 112 valence electrons. The first-order chi connectivity index (χ1) is 9.41. The Labute approximate surface area is 120 Å². The lowest BCUT2D eigenvalue weighted by Gasteiger charge is -2.56. The van der Waals surface area contributed by atoms with Crippen molar-refractivity contribution in [1.29, 1.82) is 0 Å². The number of hydrogen-bond donors (Lipinski definition) is 1. The van der Waals surface area contributed by atoms with E-state index in [9.17, 15) is 9.90 Å². The zero-order valence-electron chi connectivity index (χ0n) is 12.7. The van der Waals surface area contributed by atoms with Gasteiger partial charge in [0.1, 0.15) is 6.10 Å². The highest BCUT2D eigenvalue weighted by Crippen LogP contribution is 2.57. The van der Waals surface area contributed by atoms with Gasteiger partial charge in [0.15, 0.2) is 0 Å². The first-order valence-electron chi connectivity index (χ1n) is 7.53. The molecule has 3 aliphatic rings. The third-order valence-corrected chi connectivity index (χ3v) is 6.17. The monoisotopic (exact) mass is 280 g/mol. The maximum atomic E-state index is 11.9. The topological polar surface area (TPSA) is 55.8 Å². The van der Waals surface area contributed by atoms with Crippen LogP contribution in [0.25, 0.3) is 0 Å². The molecule has 0 unspecified atom stereocenters. The van der Waals surface area contributed by atoms with Gasteiger partial charge in [0, 0.05) is 23.7 Å². The molecule has 1 aliphatic heterocycles. The van der Waals surface area contributed by atoms with E-state index in [1.54, 1.807) is 7.11 Å². The molecule has 0 bridgehead atoms. The highest BCUT2D eigenvalue weighted by Gasteiger charge is 2.58. The van der Waals surface area contributed by atoms with Gasteiger partial charge in [-0.3, -0.25) is 0 Å². The second-order valence-electron chi connectivity index (χ2n) is 6.82. The summed E-state index contributed by atoms with van der Waals surface area (Å²) in [7, 11) is 1.70. The van der Waals surface area contributed by atoms with Gasteiger partial charge >= 0.3 is 5.97 Å². The van der Waals surface area contributed by atoms with Gasteiger partial charge in [0.2, 0.25) is 0 Å². The van der Waals surface area contributed by atoms with Gasteiger partial charge in [-0.25, -0.2) is 4.79 Å². The minimum Gasteiger partial charge on any atom is -0.454 e. The Balaban J connectivity index is 2.08. The number of aliphatic hydroxyl groups excluding tert-OH is 1. The van der Waals surface area contributed by atoms with Crippen LogP contribution in [-0.4, -0.2) is 36.5 Å². The summed E-state index contributed by atoms with van der Waals surface area (Å²) in [5.41, 5.74) is 1.58. The third-order valence-electron chi connectivity index (χ3n) is 6.17. The number of methoxy groups -OCH3 is 1. The van der Waals surface area contributed by atoms with E-state index in [2.05, 4.69) is 13.8 Å². The van der Waals surface area contributed by atoms with E-state index in [1.807, 2.05) is 6.92 Å². The summed E-state index contributed by atoms with van der Waals surface area (Å²) in [6, 6.07) is 0. The van der Waals surface area contributed by atoms with E-state index in [0.29, 0.717) is 11.5 Å². The van der Waals surface area contributed by atoms with Gasteiger partial charge in [-0.1, -0.05) is 13.8 Å². The molecule has 1 N–H and O–H groups in total. The Hall–Kier alpha value is -0.870. The number of hydrogen-bond acceptors (Lipinski definition) is 4. The molecule has 0 radical (unpaired) electrons. The van der Waals surface area contributed by atoms with E-state index < -0.39 is 0 Å². The number of fused-ring (bicyclic) bond motifs is 2. The maximum Gasteiger partial charge on any atom is 0.334 e. The summed E-state index contributed by atoms with van der Waals surface area (Å²) in [6.07, 6.45) is 2.13. The number of aliphatic hydroxyl groups is 1. The van der Waals surface area contributed by atoms with Gasteiger partial charge < -0.3 is 14.6 Å². The Kier molecular flexibility index (Phi) is 3.22. The van der Waals surface area contributed by atoms with Crippen molar-refractivity contribution in [3.63, 3.8) is 0 Å². The standard InChI is InChI=1S/C16H24O4/c1-8-13-12(20-15(8)18)7-10-5-6-11(17)9(2)16(10,3)14(13)19-4/h9-12,14,17H,5-7H2,1-4H3/t9-,10+,11-,12+,14+,16+/m0/s1. The van der Waals surface area contributed by atoms with E-state index in [0.717, 1.165) is 24.8 Å². The lowest BCUT2D eigenvalue weighted by Crippen LogP contribution is -2.57. The number of carbonyl (C=O) groups excluding carboxylic acids is 1. The highest BCUT2D eigenvalue weighted by atomic mass is 16.6. The molecule has 4 nitrogen and oxygen atoms in total. The van der Waals surface area contributed by atoms with Crippen LogP contribution in [0.15, 0.2) is 11.1 Å². The van der Waals surface area contributed by atoms with E-state index >= 15 is 0 Å². The number of esters is 1. The molecule has 4 heteroatoms. The van der Waals surface area contributed by atoms with Crippen molar-refractivity contribution in [3.05, 3.63) is 11.1 Å². The quantitative estimate of drug-likeness (QED) is 0.747. The second kappa shape index (κ2) is 4.57. The predicted molar refractivity (Wildman–Crippen MR) is 74.0 cm³/mol. The van der Waals surface area contributed by atoms with Gasteiger partial charge in [-0.05, 0) is 38.0 Å². The minimum absolute atomic E-state index is 0.118. The Morgan fingerprint density at radius 2 is 2.10 bits per heavy atom. The molecule has 2 aliphatic carbocycles. The zero-order valence-corrected chi connectivity index (χ0v) is 12.7. The Bertz CT molecular complexity index is 469. The molecule has 0 aromatic carbocycles. The first-order valence-corrected chi connectivity index (χ1v) is 7.53. The van der Waals surface area contributed by atoms with Gasteiger partial charge in [0.25, 0.3) is 0 Å². The van der Waals surface area contributed by atoms with Crippen molar-refractivity contribution in [3.8, 4) is 0 Å². The summed E-state index contributed by atoms with van der Waals surface area (Å²) in [5.74, 6) is 0.379. The van der Waals surface area contributed by atoms with E-state index in [4.69, 9.17) is 9.47 Å². The normalized spacial score (nSPS) is 47.9. The lowest BCUT2D eigenvalue weighted by molar-refractivity contribution is -0.157. The number of rotatable bonds is 1. The Morgan fingerprint density at radius 1 is 1.40 bits per heavy atom. The van der Waals surface area contributed by atoms with Gasteiger partial charge in [-0.2, -0.15) is 0 Å². The molecule has 0 saturated heterocycles. The fraction of sp³-hybridized carbons (Fsp3) is 0.812. The van der Waals surface area contributed by atoms with Crippen LogP contribution in [0.2, 0.25) is 0 Å². The molecule has 1 heterocycles. The van der Waals surface area contributed by atoms with Crippen molar-refractivity contribution in [2.75, 3.05) is 7.11 Å². The highest BCUT2D eigenvalue weighted by molar-refractivity contribution is 5.92. The van der Waals surface area contributed by atoms with Crippen LogP contribution in [0.3, 0.4) is 0 Å². The SMILES string of the molecule is CO[C@@H]1C2=C(C)C(=O)O[C@@H]2C[C@H]2CC[C@H](O)[C@H](C)[C@]21C. The van der Waals surface area contributed by atoms with E-state index in [1.165, 1.54) is 0 Å². The Morgan fingerprint density at radius 3 is 2.75 bits per heavy atom. The number of carbonyl (C=O) groups is 1. The maximum absolute atomic E-state index is 11.9. The van der Waals surface area contributed by atoms with Crippen LogP contribution in [0.4, 0.5) is 0 Å². The first kappa shape index (κ1) is 14.1. The molecule has 6 atom stereocenters. The zero-order chi connectivity index (χ0) is 14.7. The molecule has 0 spiro atoms. The molecule has 20 heavy (non-hydrogen) atoms. The molecule has 0 aromatic rings. The van der Waals surface area contributed by atoms with Gasteiger partial charge in [-0.15, -0.1) is 0 Å². The van der Waals surface area contributed by atoms with Crippen LogP contribution >= 0.6 is 0 Å². The van der Waals surface area contributed by atoms with Crippen molar-refractivity contribution in [2.24, 2.45) is 17.3 Å². The molecular formula is C16H24O4. The van der Waals surface area contributed by atoms with E-state index in [-0.39, 0.29) is 35.6 Å². The van der Waals surface area contributed by atoms with Gasteiger partial charge in [0.05, 0.1) is 12.2 Å². The molecule has 0 aromatic heterocycles. The smallest absolute Gasteiger partial charge is 0.334 e. The minimum atomic E-state index is -0.288. The van der Waals surface area contributed by atoms with Crippen LogP contribution in [0.5, 0.6) is 0 Å². The molecule has 0 amide bonds. The third kappa shape index (κ3) is 1.64. The van der Waals surface area contributed by atoms with Crippen LogP contribution in [0, 0.1) is 17.3 Å². The molecule has 3 rings (SSSR count). The van der Waals surface area contributed by atoms with Crippen LogP contribution in [-0.2, 0) is 14.3 Å². The molecule has 2 saturated carbocycles. The fourth-order valence-electron chi connectivity index (χ4n) is 4.70. The van der Waals surface area contributed by atoms with Crippen molar-refractivity contribution in [1.82, 2.24) is 0 Å². The van der Waals surface area contributed by atoms with Crippen LogP contribution < -0.4 is 0 Å². The summed E-state index contributed by atoms with van der Waals surface area (Å²) < 4.78 is 11.3. The lowest BCUT2D eigenvalue weighted by atomic mass is 9.52. The summed E-state index contributed by atoms with van der Waals surface area (Å²) in [4.78, 5) is 11.9. The predicted octanol–water partition coefficient (Wildman–Crippen LogP) is 2.06. The summed E-state index contributed by atoms with van der Waals surface area (Å²) in [6.45, 7) is 6.15. The number of ether oxygens (including phenoxy) is 2. The average Bonchev–Trinajstić information content (AvgIpc) is 2.69. The van der Waals surface area contributed by atoms with Crippen molar-refractivity contribution >= 4 is 5.97 Å². The summed E-state index contributed by atoms with van der Waals surface area (Å²) in [5, 5.41) is 10.3. The molecular weight excluding hydrogens is 256 g/mol. The average molecular weight is 280 g/mol. The molecule has 2 fully saturated rings. The van der Waals surface area contributed by atoms with Crippen molar-refractivity contribution in [2.45, 2.75) is 58.3 Å². The largest absolute Gasteiger partial charge is 0.454 e. The van der Waals surface area contributed by atoms with Crippen molar-refractivity contribution < 1.29 is 19.4 Å². The van der Waals surface area contributed by atoms with Crippen LogP contribution in [0.1, 0.15) is 40.0 Å².